The van der Waals surface area contributed by atoms with E-state index in [1.54, 1.807) is 0 Å². The van der Waals surface area contributed by atoms with Crippen molar-refractivity contribution in [3.8, 4) is 0 Å². The van der Waals surface area contributed by atoms with Crippen LogP contribution in [-0.2, 0) is 6.42 Å². The van der Waals surface area contributed by atoms with Crippen LogP contribution >= 0.6 is 0 Å². The summed E-state index contributed by atoms with van der Waals surface area (Å²) < 4.78 is 0. The second kappa shape index (κ2) is 10.4. The van der Waals surface area contributed by atoms with Gasteiger partial charge in [-0.25, -0.2) is 0 Å². The molecule has 0 N–H and O–H groups in total. The predicted octanol–water partition coefficient (Wildman–Crippen LogP) is 6.37. The molecule has 0 aliphatic heterocycles. The molecule has 126 valence electrons. The van der Waals surface area contributed by atoms with Gasteiger partial charge in [0.1, 0.15) is 6.29 Å². The number of carbonyl (C=O) groups excluding carboxylic acids is 1. The van der Waals surface area contributed by atoms with Crippen LogP contribution in [0.5, 0.6) is 0 Å². The van der Waals surface area contributed by atoms with E-state index in [1.165, 1.54) is 56.9 Å². The fraction of sp³-hybridized carbons (Fsp3) is 0.591. The zero-order valence-corrected chi connectivity index (χ0v) is 14.7. The molecule has 23 heavy (non-hydrogen) atoms. The van der Waals surface area contributed by atoms with E-state index in [9.17, 15) is 4.79 Å². The Balaban J connectivity index is 1.62. The molecule has 1 heteroatoms. The summed E-state index contributed by atoms with van der Waals surface area (Å²) in [5.74, 6) is 1.82. The first kappa shape index (κ1) is 18.0. The lowest BCUT2D eigenvalue weighted by Gasteiger charge is -2.26. The summed E-state index contributed by atoms with van der Waals surface area (Å²) in [6, 6.07) is 7.95. The van der Waals surface area contributed by atoms with Crippen LogP contribution in [-0.4, -0.2) is 6.29 Å². The first-order valence-electron chi connectivity index (χ1n) is 9.52. The quantitative estimate of drug-likeness (QED) is 0.294. The molecule has 0 heterocycles. The Morgan fingerprint density at radius 1 is 1.04 bits per heavy atom. The van der Waals surface area contributed by atoms with Gasteiger partial charge in [0.05, 0.1) is 0 Å². The van der Waals surface area contributed by atoms with Crippen LogP contribution in [0.3, 0.4) is 0 Å². The Morgan fingerprint density at radius 3 is 2.43 bits per heavy atom. The van der Waals surface area contributed by atoms with Crippen molar-refractivity contribution >= 4 is 6.29 Å². The topological polar surface area (TPSA) is 17.1 Å². The summed E-state index contributed by atoms with van der Waals surface area (Å²) in [6.45, 7) is 2.29. The molecule has 1 fully saturated rings. The molecule has 0 aromatic heterocycles. The van der Waals surface area contributed by atoms with Crippen molar-refractivity contribution in [1.82, 2.24) is 0 Å². The van der Waals surface area contributed by atoms with Crippen molar-refractivity contribution < 1.29 is 4.79 Å². The molecule has 0 radical (unpaired) electrons. The van der Waals surface area contributed by atoms with E-state index in [0.29, 0.717) is 0 Å². The van der Waals surface area contributed by atoms with Gasteiger partial charge in [-0.05, 0) is 55.9 Å². The van der Waals surface area contributed by atoms with Crippen molar-refractivity contribution in [2.24, 2.45) is 11.8 Å². The van der Waals surface area contributed by atoms with Gasteiger partial charge < -0.3 is 0 Å². The van der Waals surface area contributed by atoms with E-state index in [4.69, 9.17) is 0 Å². The van der Waals surface area contributed by atoms with Crippen LogP contribution in [0.4, 0.5) is 0 Å². The van der Waals surface area contributed by atoms with Crippen LogP contribution in [0, 0.1) is 11.8 Å². The molecule has 1 saturated carbocycles. The van der Waals surface area contributed by atoms with E-state index in [0.717, 1.165) is 36.5 Å². The van der Waals surface area contributed by atoms with E-state index in [1.807, 2.05) is 12.1 Å². The number of rotatable bonds is 9. The van der Waals surface area contributed by atoms with Gasteiger partial charge in [-0.2, -0.15) is 0 Å². The monoisotopic (exact) mass is 312 g/mol. The fourth-order valence-electron chi connectivity index (χ4n) is 3.65. The highest BCUT2D eigenvalue weighted by atomic mass is 16.1. The largest absolute Gasteiger partial charge is 0.298 e. The lowest BCUT2D eigenvalue weighted by molar-refractivity contribution is 0.112. The lowest BCUT2D eigenvalue weighted by Crippen LogP contribution is -2.13. The number of carbonyl (C=O) groups is 1. The average Bonchev–Trinajstić information content (AvgIpc) is 2.61. The maximum Gasteiger partial charge on any atom is 0.150 e. The second-order valence-corrected chi connectivity index (χ2v) is 7.10. The van der Waals surface area contributed by atoms with Gasteiger partial charge in [0.15, 0.2) is 0 Å². The van der Waals surface area contributed by atoms with E-state index >= 15 is 0 Å². The number of unbranched alkanes of at least 4 members (excludes halogenated alkanes) is 2. The summed E-state index contributed by atoms with van der Waals surface area (Å²) in [5.41, 5.74) is 2.08. The summed E-state index contributed by atoms with van der Waals surface area (Å²) >= 11 is 0. The van der Waals surface area contributed by atoms with Gasteiger partial charge in [-0.15, -0.1) is 0 Å². The van der Waals surface area contributed by atoms with Gasteiger partial charge in [-0.3, -0.25) is 4.79 Å². The van der Waals surface area contributed by atoms with Crippen molar-refractivity contribution in [3.63, 3.8) is 0 Å². The van der Waals surface area contributed by atoms with Gasteiger partial charge in [-0.1, -0.05) is 69.0 Å². The molecule has 0 saturated heterocycles. The summed E-state index contributed by atoms with van der Waals surface area (Å²) in [5, 5.41) is 0. The average molecular weight is 312 g/mol. The molecule has 1 aliphatic carbocycles. The Hall–Kier alpha value is -1.37. The van der Waals surface area contributed by atoms with E-state index in [2.05, 4.69) is 31.2 Å². The van der Waals surface area contributed by atoms with Gasteiger partial charge in [0.2, 0.25) is 0 Å². The van der Waals surface area contributed by atoms with E-state index in [-0.39, 0.29) is 0 Å². The normalized spacial score (nSPS) is 21.6. The molecule has 0 atom stereocenters. The molecule has 2 rings (SSSR count). The highest BCUT2D eigenvalue weighted by Crippen LogP contribution is 2.32. The minimum Gasteiger partial charge on any atom is -0.298 e. The summed E-state index contributed by atoms with van der Waals surface area (Å²) in [4.78, 5) is 10.6. The fourth-order valence-corrected chi connectivity index (χ4v) is 3.65. The Bertz CT molecular complexity index is 463. The van der Waals surface area contributed by atoms with Crippen LogP contribution in [0.15, 0.2) is 36.4 Å². The number of aryl methyl sites for hydroxylation is 1. The molecule has 0 spiro atoms. The zero-order chi connectivity index (χ0) is 16.3. The first-order chi connectivity index (χ1) is 11.3. The van der Waals surface area contributed by atoms with Crippen molar-refractivity contribution in [3.05, 3.63) is 47.5 Å². The Kier molecular flexibility index (Phi) is 8.14. The van der Waals surface area contributed by atoms with Crippen LogP contribution < -0.4 is 0 Å². The summed E-state index contributed by atoms with van der Waals surface area (Å²) in [6.07, 6.45) is 19.2. The molecular weight excluding hydrogens is 280 g/mol. The number of benzene rings is 1. The summed E-state index contributed by atoms with van der Waals surface area (Å²) in [7, 11) is 0. The third kappa shape index (κ3) is 6.72. The second-order valence-electron chi connectivity index (χ2n) is 7.10. The van der Waals surface area contributed by atoms with Crippen molar-refractivity contribution in [1.29, 1.82) is 0 Å². The van der Waals surface area contributed by atoms with Crippen molar-refractivity contribution in [2.75, 3.05) is 0 Å². The lowest BCUT2D eigenvalue weighted by atomic mass is 9.79. The maximum absolute atomic E-state index is 10.6. The predicted molar refractivity (Wildman–Crippen MR) is 98.9 cm³/mol. The van der Waals surface area contributed by atoms with Gasteiger partial charge in [0.25, 0.3) is 0 Å². The van der Waals surface area contributed by atoms with Crippen LogP contribution in [0.2, 0.25) is 0 Å². The number of aldehydes is 1. The zero-order valence-electron chi connectivity index (χ0n) is 14.7. The molecule has 1 aromatic carbocycles. The van der Waals surface area contributed by atoms with Crippen LogP contribution in [0.25, 0.3) is 0 Å². The van der Waals surface area contributed by atoms with E-state index < -0.39 is 0 Å². The number of hydrogen-bond donors (Lipinski definition) is 0. The van der Waals surface area contributed by atoms with Crippen molar-refractivity contribution in [2.45, 2.75) is 71.1 Å². The molecule has 0 bridgehead atoms. The smallest absolute Gasteiger partial charge is 0.150 e. The highest BCUT2D eigenvalue weighted by Gasteiger charge is 2.18. The maximum atomic E-state index is 10.6. The number of hydrogen-bond acceptors (Lipinski definition) is 1. The molecular formula is C22H32O. The Labute approximate surface area is 142 Å². The third-order valence-electron chi connectivity index (χ3n) is 5.23. The molecule has 0 amide bonds. The van der Waals surface area contributed by atoms with Gasteiger partial charge in [0, 0.05) is 5.56 Å². The van der Waals surface area contributed by atoms with Gasteiger partial charge >= 0.3 is 0 Å². The standard InChI is InChI=1S/C22H32O/c1-2-3-4-7-19-10-12-20(13-11-19)8-5-6-9-21-14-16-22(18-23)17-15-21/h5,8,14-20H,2-4,6-7,9-13H2,1H3/b8-5+. The minimum atomic E-state index is 0.764. The minimum absolute atomic E-state index is 0.764. The third-order valence-corrected chi connectivity index (χ3v) is 5.23. The molecule has 1 aliphatic rings. The molecule has 1 aromatic rings. The first-order valence-corrected chi connectivity index (χ1v) is 9.52. The highest BCUT2D eigenvalue weighted by molar-refractivity contribution is 5.74. The van der Waals surface area contributed by atoms with Crippen LogP contribution in [0.1, 0.15) is 80.6 Å². The SMILES string of the molecule is CCCCCC1CCC(/C=C/CCc2ccc(C=O)cc2)CC1. The Morgan fingerprint density at radius 2 is 1.78 bits per heavy atom. The molecule has 0 unspecified atom stereocenters. The molecule has 1 nitrogen and oxygen atoms in total. The number of allylic oxidation sites excluding steroid dienone is 2.